The monoisotopic (exact) mass is 323 g/mol. The first-order valence-electron chi connectivity index (χ1n) is 7.47. The Bertz CT molecular complexity index is 949. The van der Waals surface area contributed by atoms with Crippen molar-refractivity contribution in [1.29, 1.82) is 5.26 Å². The van der Waals surface area contributed by atoms with Crippen molar-refractivity contribution < 1.29 is 9.47 Å². The van der Waals surface area contributed by atoms with Crippen molar-refractivity contribution in [2.75, 3.05) is 7.11 Å². The first-order chi connectivity index (χ1) is 11.4. The van der Waals surface area contributed by atoms with E-state index in [1.54, 1.807) is 18.2 Å². The molecule has 3 rings (SSSR count). The molecule has 0 saturated carbocycles. The fraction of sp³-hybridized carbons (Fsp3) is 0.278. The predicted molar refractivity (Wildman–Crippen MR) is 88.9 cm³/mol. The molecule has 0 saturated heterocycles. The molecule has 0 atom stereocenters. The van der Waals surface area contributed by atoms with Gasteiger partial charge in [0, 0.05) is 17.7 Å². The maximum atomic E-state index is 12.4. The van der Waals surface area contributed by atoms with Crippen LogP contribution in [-0.2, 0) is 0 Å². The first kappa shape index (κ1) is 15.8. The zero-order chi connectivity index (χ0) is 17.5. The minimum Gasteiger partial charge on any atom is -0.483 e. The Kier molecular flexibility index (Phi) is 3.64. The average Bonchev–Trinajstić information content (AvgIpc) is 2.56. The number of nitrogens with zero attached hydrogens (tertiary/aromatic N) is 3. The van der Waals surface area contributed by atoms with Gasteiger partial charge in [0.15, 0.2) is 0 Å². The molecule has 1 aliphatic rings. The van der Waals surface area contributed by atoms with Gasteiger partial charge >= 0.3 is 0 Å². The van der Waals surface area contributed by atoms with Crippen LogP contribution in [0, 0.1) is 11.3 Å². The van der Waals surface area contributed by atoms with Crippen molar-refractivity contribution in [3.8, 4) is 17.7 Å². The predicted octanol–water partition coefficient (Wildman–Crippen LogP) is 2.57. The third-order valence-corrected chi connectivity index (χ3v) is 4.18. The van der Waals surface area contributed by atoms with Gasteiger partial charge in [-0.3, -0.25) is 4.79 Å². The smallest absolute Gasteiger partial charge is 0.271 e. The number of methoxy groups -OCH3 is 1. The summed E-state index contributed by atoms with van der Waals surface area (Å²) in [6.45, 7) is 5.74. The number of benzene rings is 1. The van der Waals surface area contributed by atoms with E-state index >= 15 is 0 Å². The number of hydrogen-bond acceptors (Lipinski definition) is 5. The van der Waals surface area contributed by atoms with Crippen molar-refractivity contribution >= 4 is 5.70 Å². The van der Waals surface area contributed by atoms with Gasteiger partial charge in [-0.2, -0.15) is 9.94 Å². The standard InChI is InChI=1S/C18H17N3O3/c1-11-17(21-16(22)8-7-15(20-21)23-4)13-9-12(10-19)5-6-14(13)24-18(11,2)3/h5-9H,1-4H3. The molecule has 122 valence electrons. The SMILES string of the molecule is COc1ccc(=O)n(C2=C(C)C(C)(C)Oc3ccc(C#N)cc32)n1. The highest BCUT2D eigenvalue weighted by atomic mass is 16.5. The van der Waals surface area contributed by atoms with Crippen LogP contribution >= 0.6 is 0 Å². The molecule has 0 unspecified atom stereocenters. The second kappa shape index (κ2) is 5.53. The molecule has 0 N–H and O–H groups in total. The zero-order valence-electron chi connectivity index (χ0n) is 14.0. The third-order valence-electron chi connectivity index (χ3n) is 4.18. The molecule has 6 heteroatoms. The molecule has 1 aromatic heterocycles. The highest BCUT2D eigenvalue weighted by Crippen LogP contribution is 2.41. The summed E-state index contributed by atoms with van der Waals surface area (Å²) >= 11 is 0. The van der Waals surface area contributed by atoms with Gasteiger partial charge in [0.2, 0.25) is 5.88 Å². The molecule has 0 aliphatic carbocycles. The molecule has 0 radical (unpaired) electrons. The average molecular weight is 323 g/mol. The molecule has 1 aromatic carbocycles. The number of hydrogen-bond donors (Lipinski definition) is 0. The lowest BCUT2D eigenvalue weighted by Crippen LogP contribution is -2.37. The minimum atomic E-state index is -0.610. The molecule has 0 amide bonds. The number of nitriles is 1. The summed E-state index contributed by atoms with van der Waals surface area (Å²) in [4.78, 5) is 12.4. The van der Waals surface area contributed by atoms with E-state index in [1.807, 2.05) is 20.8 Å². The van der Waals surface area contributed by atoms with Crippen LogP contribution in [0.25, 0.3) is 5.70 Å². The first-order valence-corrected chi connectivity index (χ1v) is 7.47. The highest BCUT2D eigenvalue weighted by Gasteiger charge is 2.34. The van der Waals surface area contributed by atoms with Crippen LogP contribution in [0.3, 0.4) is 0 Å². The van der Waals surface area contributed by atoms with Crippen LogP contribution in [0.5, 0.6) is 11.6 Å². The Labute approximate surface area is 139 Å². The Hall–Kier alpha value is -3.07. The fourth-order valence-corrected chi connectivity index (χ4v) is 2.65. The van der Waals surface area contributed by atoms with Crippen molar-refractivity contribution in [2.24, 2.45) is 0 Å². The lowest BCUT2D eigenvalue weighted by Gasteiger charge is -2.35. The van der Waals surface area contributed by atoms with Crippen molar-refractivity contribution in [3.05, 3.63) is 57.4 Å². The van der Waals surface area contributed by atoms with Crippen LogP contribution < -0.4 is 15.0 Å². The molecule has 0 bridgehead atoms. The Morgan fingerprint density at radius 3 is 2.71 bits per heavy atom. The summed E-state index contributed by atoms with van der Waals surface area (Å²) < 4.78 is 12.5. The van der Waals surface area contributed by atoms with Gasteiger partial charge in [0.05, 0.1) is 24.4 Å². The van der Waals surface area contributed by atoms with Gasteiger partial charge in [-0.1, -0.05) is 0 Å². The van der Waals surface area contributed by atoms with Crippen LogP contribution in [0.2, 0.25) is 0 Å². The van der Waals surface area contributed by atoms with E-state index in [2.05, 4.69) is 11.2 Å². The van der Waals surface area contributed by atoms with E-state index in [4.69, 9.17) is 9.47 Å². The second-order valence-corrected chi connectivity index (χ2v) is 6.03. The van der Waals surface area contributed by atoms with Crippen molar-refractivity contribution in [1.82, 2.24) is 9.78 Å². The van der Waals surface area contributed by atoms with E-state index in [-0.39, 0.29) is 5.56 Å². The molecule has 2 heterocycles. The Balaban J connectivity index is 2.36. The highest BCUT2D eigenvalue weighted by molar-refractivity contribution is 5.76. The van der Waals surface area contributed by atoms with E-state index in [0.29, 0.717) is 28.5 Å². The van der Waals surface area contributed by atoms with Crippen LogP contribution in [-0.4, -0.2) is 22.5 Å². The summed E-state index contributed by atoms with van der Waals surface area (Å²) in [7, 11) is 1.49. The Morgan fingerprint density at radius 2 is 2.04 bits per heavy atom. The van der Waals surface area contributed by atoms with Gasteiger partial charge < -0.3 is 9.47 Å². The maximum absolute atomic E-state index is 12.4. The topological polar surface area (TPSA) is 77.1 Å². The molecule has 0 spiro atoms. The molecular weight excluding hydrogens is 306 g/mol. The summed E-state index contributed by atoms with van der Waals surface area (Å²) in [5.74, 6) is 0.938. The quantitative estimate of drug-likeness (QED) is 0.849. The summed E-state index contributed by atoms with van der Waals surface area (Å²) in [6.07, 6.45) is 0. The molecule has 2 aromatic rings. The van der Waals surface area contributed by atoms with E-state index < -0.39 is 5.60 Å². The van der Waals surface area contributed by atoms with Gasteiger partial charge in [0.1, 0.15) is 11.4 Å². The lowest BCUT2D eigenvalue weighted by molar-refractivity contribution is 0.143. The Morgan fingerprint density at radius 1 is 1.29 bits per heavy atom. The third kappa shape index (κ3) is 2.44. The maximum Gasteiger partial charge on any atom is 0.271 e. The molecule has 0 fully saturated rings. The van der Waals surface area contributed by atoms with Gasteiger partial charge in [-0.25, -0.2) is 0 Å². The summed E-state index contributed by atoms with van der Waals surface area (Å²) in [5.41, 5.74) is 1.71. The van der Waals surface area contributed by atoms with Gasteiger partial charge in [0.25, 0.3) is 5.56 Å². The molecule has 24 heavy (non-hydrogen) atoms. The van der Waals surface area contributed by atoms with Gasteiger partial charge in [-0.15, -0.1) is 5.10 Å². The number of rotatable bonds is 2. The van der Waals surface area contributed by atoms with Crippen LogP contribution in [0.4, 0.5) is 0 Å². The minimum absolute atomic E-state index is 0.281. The van der Waals surface area contributed by atoms with E-state index in [0.717, 1.165) is 5.57 Å². The van der Waals surface area contributed by atoms with E-state index in [1.165, 1.54) is 23.9 Å². The summed E-state index contributed by atoms with van der Waals surface area (Å²) in [5, 5.41) is 13.5. The zero-order valence-corrected chi connectivity index (χ0v) is 14.0. The number of fused-ring (bicyclic) bond motifs is 1. The fourth-order valence-electron chi connectivity index (χ4n) is 2.65. The number of ether oxygens (including phenoxy) is 2. The van der Waals surface area contributed by atoms with Crippen LogP contribution in [0.15, 0.2) is 40.7 Å². The largest absolute Gasteiger partial charge is 0.483 e. The van der Waals surface area contributed by atoms with Crippen molar-refractivity contribution in [2.45, 2.75) is 26.4 Å². The second-order valence-electron chi connectivity index (χ2n) is 6.03. The van der Waals surface area contributed by atoms with Crippen LogP contribution in [0.1, 0.15) is 31.9 Å². The normalized spacial score (nSPS) is 15.3. The van der Waals surface area contributed by atoms with Crippen molar-refractivity contribution in [3.63, 3.8) is 0 Å². The molecule has 6 nitrogen and oxygen atoms in total. The number of aromatic nitrogens is 2. The molecule has 1 aliphatic heterocycles. The van der Waals surface area contributed by atoms with E-state index in [9.17, 15) is 10.1 Å². The summed E-state index contributed by atoms with van der Waals surface area (Å²) in [6, 6.07) is 10.2. The lowest BCUT2D eigenvalue weighted by atomic mass is 9.90. The molecular formula is C18H17N3O3. The van der Waals surface area contributed by atoms with Gasteiger partial charge in [-0.05, 0) is 44.5 Å².